The van der Waals surface area contributed by atoms with Crippen molar-refractivity contribution in [3.63, 3.8) is 0 Å². The van der Waals surface area contributed by atoms with E-state index in [4.69, 9.17) is 26.1 Å². The molecule has 0 saturated heterocycles. The van der Waals surface area contributed by atoms with Gasteiger partial charge in [0.2, 0.25) is 5.95 Å². The van der Waals surface area contributed by atoms with Crippen molar-refractivity contribution in [2.24, 2.45) is 17.6 Å². The molecule has 2 aliphatic carbocycles. The fraction of sp³-hybridized carbons (Fsp3) is 0.571. The molecule has 0 spiro atoms. The summed E-state index contributed by atoms with van der Waals surface area (Å²) < 4.78 is 39.1. The number of anilines is 2. The lowest BCUT2D eigenvalue weighted by Crippen LogP contribution is -2.37. The molecule has 2 aliphatic rings. The molecular weight excluding hydrogens is 471 g/mol. The van der Waals surface area contributed by atoms with Crippen LogP contribution in [0.5, 0.6) is 0 Å². The number of hydrogen-bond donors (Lipinski definition) is 4. The second kappa shape index (κ2) is 10.5. The van der Waals surface area contributed by atoms with Gasteiger partial charge >= 0.3 is 18.1 Å². The fourth-order valence-electron chi connectivity index (χ4n) is 3.34. The van der Waals surface area contributed by atoms with Crippen LogP contribution in [-0.4, -0.2) is 61.4 Å². The monoisotopic (exact) mass is 499 g/mol. The van der Waals surface area contributed by atoms with E-state index in [2.05, 4.69) is 32.4 Å². The van der Waals surface area contributed by atoms with Crippen molar-refractivity contribution in [1.29, 1.82) is 0 Å². The summed E-state index contributed by atoms with van der Waals surface area (Å²) in [5.41, 5.74) is 13.2. The van der Waals surface area contributed by atoms with Crippen LogP contribution in [0.25, 0.3) is 11.2 Å². The number of aliphatic carboxylic acids is 1. The first-order chi connectivity index (χ1) is 16.4. The minimum absolute atomic E-state index is 0.0558. The number of esters is 1. The number of hydrogen-bond acceptors (Lipinski definition) is 9. The number of carboxylic acids is 1. The molecular formula is C21H28F3N7O4. The maximum atomic E-state index is 12.0. The van der Waals surface area contributed by atoms with E-state index >= 15 is 0 Å². The number of nitrogens with two attached hydrogens (primary N) is 2. The van der Waals surface area contributed by atoms with Crippen molar-refractivity contribution in [1.82, 2.24) is 19.5 Å². The molecule has 0 radical (unpaired) electrons. The molecule has 3 atom stereocenters. The molecule has 11 nitrogen and oxygen atoms in total. The van der Waals surface area contributed by atoms with Crippen LogP contribution < -0.4 is 16.8 Å². The smallest absolute Gasteiger partial charge is 0.475 e. The number of carbonyl (C=O) groups excluding carboxylic acids is 1. The topological polar surface area (TPSA) is 171 Å². The van der Waals surface area contributed by atoms with Crippen LogP contribution in [0, 0.1) is 11.8 Å². The third-order valence-electron chi connectivity index (χ3n) is 5.54. The van der Waals surface area contributed by atoms with Gasteiger partial charge in [-0.3, -0.25) is 4.79 Å². The second-order valence-electron chi connectivity index (χ2n) is 8.82. The van der Waals surface area contributed by atoms with Gasteiger partial charge in [0, 0.05) is 12.0 Å². The van der Waals surface area contributed by atoms with Gasteiger partial charge in [-0.25, -0.2) is 9.78 Å². The second-order valence-corrected chi connectivity index (χ2v) is 8.82. The zero-order valence-electron chi connectivity index (χ0n) is 19.2. The van der Waals surface area contributed by atoms with E-state index in [1.54, 1.807) is 6.33 Å². The number of nitrogens with one attached hydrogen (secondary N) is 1. The number of allylic oxidation sites excluding steroid dienone is 1. The number of rotatable bonds is 7. The first-order valence-electron chi connectivity index (χ1n) is 11.0. The molecule has 2 heterocycles. The van der Waals surface area contributed by atoms with Crippen LogP contribution >= 0.6 is 0 Å². The van der Waals surface area contributed by atoms with Crippen molar-refractivity contribution in [3.05, 3.63) is 18.5 Å². The van der Waals surface area contributed by atoms with E-state index in [1.165, 1.54) is 0 Å². The summed E-state index contributed by atoms with van der Waals surface area (Å²) in [4.78, 5) is 34.1. The number of alkyl halides is 3. The molecule has 35 heavy (non-hydrogen) atoms. The van der Waals surface area contributed by atoms with Crippen molar-refractivity contribution >= 4 is 34.9 Å². The van der Waals surface area contributed by atoms with Gasteiger partial charge in [-0.2, -0.15) is 23.1 Å². The Hall–Kier alpha value is -3.42. The van der Waals surface area contributed by atoms with Crippen LogP contribution in [0.4, 0.5) is 24.9 Å². The highest BCUT2D eigenvalue weighted by atomic mass is 19.4. The van der Waals surface area contributed by atoms with Gasteiger partial charge in [0.25, 0.3) is 0 Å². The quantitative estimate of drug-likeness (QED) is 0.327. The van der Waals surface area contributed by atoms with Crippen molar-refractivity contribution in [2.75, 3.05) is 17.7 Å². The molecule has 1 fully saturated rings. The maximum absolute atomic E-state index is 12.0. The molecule has 4 rings (SSSR count). The van der Waals surface area contributed by atoms with Gasteiger partial charge in [-0.05, 0) is 25.2 Å². The third kappa shape index (κ3) is 6.81. The first-order valence-corrected chi connectivity index (χ1v) is 11.0. The van der Waals surface area contributed by atoms with E-state index in [0.717, 1.165) is 24.8 Å². The lowest BCUT2D eigenvalue weighted by atomic mass is 10.1. The summed E-state index contributed by atoms with van der Waals surface area (Å²) in [6.45, 7) is 4.13. The summed E-state index contributed by atoms with van der Waals surface area (Å²) in [6.07, 6.45) is 3.92. The Morgan fingerprint density at radius 2 is 1.94 bits per heavy atom. The standard InChI is InChI=1S/C19H27N7O2.C2HF3O2/c1-10(2)14(20)18(27)28-8-11-3-6-13(7-11)26-9-22-15-16(23-12-4-5-12)24-19(21)25-17(15)26;3-2(4,5)1(6)7/h3,6,9-14H,4-5,7-8,20H2,1-2H3,(H3,21,23,24,25);(H,6,7)/t11-,13+,14+;/m1./s1. The van der Waals surface area contributed by atoms with E-state index in [-0.39, 0.29) is 29.8 Å². The van der Waals surface area contributed by atoms with Gasteiger partial charge in [-0.15, -0.1) is 0 Å². The number of imidazole rings is 1. The molecule has 192 valence electrons. The van der Waals surface area contributed by atoms with E-state index in [1.807, 2.05) is 18.4 Å². The van der Waals surface area contributed by atoms with Crippen LogP contribution in [0.3, 0.4) is 0 Å². The molecule has 6 N–H and O–H groups in total. The number of carboxylic acid groups (broad SMARTS) is 1. The molecule has 1 saturated carbocycles. The van der Waals surface area contributed by atoms with E-state index in [0.29, 0.717) is 24.1 Å². The lowest BCUT2D eigenvalue weighted by Gasteiger charge is -2.17. The van der Waals surface area contributed by atoms with Crippen LogP contribution in [0.1, 0.15) is 39.2 Å². The molecule has 0 aliphatic heterocycles. The summed E-state index contributed by atoms with van der Waals surface area (Å²) in [5.74, 6) is -2.00. The summed E-state index contributed by atoms with van der Waals surface area (Å²) in [5, 5.41) is 10.5. The van der Waals surface area contributed by atoms with E-state index in [9.17, 15) is 18.0 Å². The maximum Gasteiger partial charge on any atom is 0.490 e. The highest BCUT2D eigenvalue weighted by molar-refractivity contribution is 5.84. The van der Waals surface area contributed by atoms with Crippen LogP contribution in [-0.2, 0) is 14.3 Å². The van der Waals surface area contributed by atoms with Gasteiger partial charge in [0.1, 0.15) is 6.04 Å². The Morgan fingerprint density at radius 1 is 1.29 bits per heavy atom. The largest absolute Gasteiger partial charge is 0.490 e. The first kappa shape index (κ1) is 26.2. The minimum atomic E-state index is -5.08. The Balaban J connectivity index is 0.000000429. The summed E-state index contributed by atoms with van der Waals surface area (Å²) in [7, 11) is 0. The van der Waals surface area contributed by atoms with Gasteiger partial charge in [0.15, 0.2) is 17.0 Å². The van der Waals surface area contributed by atoms with Gasteiger partial charge < -0.3 is 31.2 Å². The number of carbonyl (C=O) groups is 2. The van der Waals surface area contributed by atoms with Crippen LogP contribution in [0.2, 0.25) is 0 Å². The minimum Gasteiger partial charge on any atom is -0.475 e. The zero-order valence-corrected chi connectivity index (χ0v) is 19.2. The molecule has 0 aromatic carbocycles. The SMILES string of the molecule is CC(C)[C@H](N)C(=O)OC[C@@H]1C=C[C@H](n2cnc3c(NC4CC4)nc(N)nc32)C1.O=C(O)C(F)(F)F. The normalized spacial score (nSPS) is 20.4. The fourth-order valence-corrected chi connectivity index (χ4v) is 3.34. The Bertz CT molecular complexity index is 1100. The number of aromatic nitrogens is 4. The molecule has 0 unspecified atom stereocenters. The highest BCUT2D eigenvalue weighted by Crippen LogP contribution is 2.33. The predicted molar refractivity (Wildman–Crippen MR) is 120 cm³/mol. The lowest BCUT2D eigenvalue weighted by molar-refractivity contribution is -0.192. The number of nitrogens with zero attached hydrogens (tertiary/aromatic N) is 4. The van der Waals surface area contributed by atoms with Gasteiger partial charge in [-0.1, -0.05) is 26.0 Å². The average molecular weight is 499 g/mol. The van der Waals surface area contributed by atoms with E-state index < -0.39 is 18.2 Å². The number of fused-ring (bicyclic) bond motifs is 1. The molecule has 0 bridgehead atoms. The Labute approximate surface area is 198 Å². The average Bonchev–Trinajstić information content (AvgIpc) is 3.29. The molecule has 2 aromatic heterocycles. The van der Waals surface area contributed by atoms with Gasteiger partial charge in [0.05, 0.1) is 19.0 Å². The highest BCUT2D eigenvalue weighted by Gasteiger charge is 2.38. The predicted octanol–water partition coefficient (Wildman–Crippen LogP) is 2.26. The van der Waals surface area contributed by atoms with Crippen molar-refractivity contribution in [3.8, 4) is 0 Å². The summed E-state index contributed by atoms with van der Waals surface area (Å²) in [6, 6.07) is -0.0586. The van der Waals surface area contributed by atoms with Crippen LogP contribution in [0.15, 0.2) is 18.5 Å². The Morgan fingerprint density at radius 3 is 2.51 bits per heavy atom. The molecule has 0 amide bonds. The number of ether oxygens (including phenoxy) is 1. The summed E-state index contributed by atoms with van der Waals surface area (Å²) >= 11 is 0. The molecule has 2 aromatic rings. The van der Waals surface area contributed by atoms with Crippen molar-refractivity contribution < 1.29 is 32.6 Å². The zero-order chi connectivity index (χ0) is 25.9. The number of halogens is 3. The number of nitrogen functional groups attached to an aromatic ring is 1. The third-order valence-corrected chi connectivity index (χ3v) is 5.54. The molecule has 14 heteroatoms. The van der Waals surface area contributed by atoms with Crippen molar-refractivity contribution in [2.45, 2.75) is 57.4 Å². The Kier molecular flexibility index (Phi) is 7.83.